The number of hydrogen-bond donors (Lipinski definition) is 0. The first-order valence-electron chi connectivity index (χ1n) is 5.48. The monoisotopic (exact) mass is 237 g/mol. The third kappa shape index (κ3) is 2.07. The minimum atomic E-state index is 0.563. The second-order valence-electron chi connectivity index (χ2n) is 4.29. The van der Waals surface area contributed by atoms with Crippen molar-refractivity contribution in [2.75, 3.05) is 14.2 Å². The number of benzene rings is 1. The van der Waals surface area contributed by atoms with Crippen LogP contribution in [-0.4, -0.2) is 19.3 Å². The van der Waals surface area contributed by atoms with Crippen LogP contribution in [0.15, 0.2) is 23.2 Å². The van der Waals surface area contributed by atoms with Crippen LogP contribution < -0.4 is 4.74 Å². The van der Waals surface area contributed by atoms with E-state index in [9.17, 15) is 0 Å². The number of halogens is 1. The fourth-order valence-corrected chi connectivity index (χ4v) is 2.20. The van der Waals surface area contributed by atoms with E-state index in [1.807, 2.05) is 12.1 Å². The van der Waals surface area contributed by atoms with E-state index in [4.69, 9.17) is 16.3 Å². The fraction of sp³-hybridized carbons (Fsp3) is 0.462. The summed E-state index contributed by atoms with van der Waals surface area (Å²) in [6.07, 6.45) is 1.24. The zero-order valence-corrected chi connectivity index (χ0v) is 10.6. The van der Waals surface area contributed by atoms with Gasteiger partial charge >= 0.3 is 0 Å². The molecular weight excluding hydrogens is 222 g/mol. The van der Waals surface area contributed by atoms with Crippen LogP contribution in [0.3, 0.4) is 0 Å². The maximum atomic E-state index is 6.14. The van der Waals surface area contributed by atoms with Gasteiger partial charge in [-0.2, -0.15) is 0 Å². The molecule has 1 aromatic rings. The Hall–Kier alpha value is -1.02. The second-order valence-corrected chi connectivity index (χ2v) is 4.65. The minimum absolute atomic E-state index is 0.563. The van der Waals surface area contributed by atoms with Gasteiger partial charge in [-0.05, 0) is 36.0 Å². The molecule has 2 atom stereocenters. The Morgan fingerprint density at radius 2 is 2.19 bits per heavy atom. The van der Waals surface area contributed by atoms with Gasteiger partial charge in [0.15, 0.2) is 0 Å². The van der Waals surface area contributed by atoms with Gasteiger partial charge in [0.05, 0.1) is 7.11 Å². The van der Waals surface area contributed by atoms with Crippen molar-refractivity contribution in [3.8, 4) is 5.75 Å². The van der Waals surface area contributed by atoms with Crippen molar-refractivity contribution in [1.29, 1.82) is 0 Å². The molecule has 0 radical (unpaired) electrons. The van der Waals surface area contributed by atoms with Crippen molar-refractivity contribution >= 4 is 16.8 Å². The summed E-state index contributed by atoms with van der Waals surface area (Å²) < 4.78 is 5.22. The van der Waals surface area contributed by atoms with Crippen molar-refractivity contribution in [2.45, 2.75) is 19.3 Å². The van der Waals surface area contributed by atoms with Crippen LogP contribution in [0, 0.1) is 5.92 Å². The quantitative estimate of drug-likeness (QED) is 0.738. The van der Waals surface area contributed by atoms with Gasteiger partial charge in [-0.25, -0.2) is 0 Å². The molecular formula is C13H16ClNO. The number of ether oxygens (including phenoxy) is 1. The summed E-state index contributed by atoms with van der Waals surface area (Å²) in [6.45, 7) is 2.26. The molecule has 86 valence electrons. The van der Waals surface area contributed by atoms with Gasteiger partial charge in [0, 0.05) is 12.6 Å². The SMILES string of the molecule is C/N=C(/Cl)c1cc(OC)ccc1C1CC1C. The van der Waals surface area contributed by atoms with Gasteiger partial charge in [-0.15, -0.1) is 0 Å². The summed E-state index contributed by atoms with van der Waals surface area (Å²) in [7, 11) is 3.37. The standard InChI is InChI=1S/C13H16ClNO/c1-8-6-11(8)10-5-4-9(16-3)7-12(10)13(14)15-2/h4-5,7-8,11H,6H2,1-3H3/b15-13+. The highest BCUT2D eigenvalue weighted by Crippen LogP contribution is 2.48. The average Bonchev–Trinajstić information content (AvgIpc) is 3.04. The second kappa shape index (κ2) is 4.46. The van der Waals surface area contributed by atoms with Gasteiger partial charge in [0.25, 0.3) is 0 Å². The number of methoxy groups -OCH3 is 1. The van der Waals surface area contributed by atoms with E-state index >= 15 is 0 Å². The topological polar surface area (TPSA) is 21.6 Å². The minimum Gasteiger partial charge on any atom is -0.497 e. The number of rotatable bonds is 3. The Bertz CT molecular complexity index is 428. The number of aliphatic imine (C=N–C) groups is 1. The van der Waals surface area contributed by atoms with Crippen molar-refractivity contribution in [3.63, 3.8) is 0 Å². The Kier molecular flexibility index (Phi) is 3.20. The highest BCUT2D eigenvalue weighted by atomic mass is 35.5. The molecule has 1 fully saturated rings. The lowest BCUT2D eigenvalue weighted by molar-refractivity contribution is 0.414. The van der Waals surface area contributed by atoms with Crippen LogP contribution in [0.2, 0.25) is 0 Å². The fourth-order valence-electron chi connectivity index (χ4n) is 2.04. The molecule has 0 amide bonds. The van der Waals surface area contributed by atoms with E-state index in [-0.39, 0.29) is 0 Å². The van der Waals surface area contributed by atoms with Crippen LogP contribution in [0.25, 0.3) is 0 Å². The van der Waals surface area contributed by atoms with E-state index in [0.717, 1.165) is 17.2 Å². The molecule has 2 nitrogen and oxygen atoms in total. The van der Waals surface area contributed by atoms with Crippen LogP contribution in [0.5, 0.6) is 5.75 Å². The molecule has 1 aliphatic carbocycles. The van der Waals surface area contributed by atoms with Crippen LogP contribution >= 0.6 is 11.6 Å². The lowest BCUT2D eigenvalue weighted by Gasteiger charge is -2.09. The van der Waals surface area contributed by atoms with E-state index in [2.05, 4.69) is 18.0 Å². The normalized spacial score (nSPS) is 24.4. The summed E-state index contributed by atoms with van der Waals surface area (Å²) in [5, 5.41) is 0.563. The lowest BCUT2D eigenvalue weighted by Crippen LogP contribution is -1.99. The first-order valence-corrected chi connectivity index (χ1v) is 5.85. The molecule has 2 rings (SSSR count). The molecule has 3 heteroatoms. The largest absolute Gasteiger partial charge is 0.497 e. The summed E-state index contributed by atoms with van der Waals surface area (Å²) in [6, 6.07) is 6.06. The smallest absolute Gasteiger partial charge is 0.131 e. The van der Waals surface area contributed by atoms with Gasteiger partial charge in [0.1, 0.15) is 10.9 Å². The lowest BCUT2D eigenvalue weighted by atomic mass is 10.0. The predicted molar refractivity (Wildman–Crippen MR) is 67.8 cm³/mol. The van der Waals surface area contributed by atoms with Crippen LogP contribution in [0.1, 0.15) is 30.4 Å². The summed E-state index contributed by atoms with van der Waals surface area (Å²) in [4.78, 5) is 4.06. The molecule has 1 aromatic carbocycles. The van der Waals surface area contributed by atoms with Gasteiger partial charge in [0.2, 0.25) is 0 Å². The maximum absolute atomic E-state index is 6.14. The van der Waals surface area contributed by atoms with Crippen molar-refractivity contribution in [1.82, 2.24) is 0 Å². The molecule has 16 heavy (non-hydrogen) atoms. The Labute approximate surface area is 101 Å². The van der Waals surface area contributed by atoms with E-state index in [1.165, 1.54) is 12.0 Å². The highest BCUT2D eigenvalue weighted by Gasteiger charge is 2.36. The maximum Gasteiger partial charge on any atom is 0.131 e. The summed E-state index contributed by atoms with van der Waals surface area (Å²) in [5.41, 5.74) is 2.31. The van der Waals surface area contributed by atoms with Crippen molar-refractivity contribution in [2.24, 2.45) is 10.9 Å². The zero-order chi connectivity index (χ0) is 11.7. The molecule has 1 saturated carbocycles. The highest BCUT2D eigenvalue weighted by molar-refractivity contribution is 6.69. The zero-order valence-electron chi connectivity index (χ0n) is 9.83. The summed E-state index contributed by atoms with van der Waals surface area (Å²) in [5.74, 6) is 2.22. The first kappa shape index (κ1) is 11.5. The van der Waals surface area contributed by atoms with E-state index in [0.29, 0.717) is 11.1 Å². The molecule has 0 N–H and O–H groups in total. The molecule has 2 unspecified atom stereocenters. The van der Waals surface area contributed by atoms with Crippen molar-refractivity contribution in [3.05, 3.63) is 29.3 Å². The molecule has 0 spiro atoms. The Balaban J connectivity index is 2.43. The molecule has 0 aliphatic heterocycles. The predicted octanol–water partition coefficient (Wildman–Crippen LogP) is 3.43. The molecule has 0 bridgehead atoms. The van der Waals surface area contributed by atoms with Gasteiger partial charge in [-0.3, -0.25) is 4.99 Å². The molecule has 0 aromatic heterocycles. The third-order valence-electron chi connectivity index (χ3n) is 3.19. The molecule has 1 aliphatic rings. The Morgan fingerprint density at radius 3 is 2.69 bits per heavy atom. The third-order valence-corrected chi connectivity index (χ3v) is 3.56. The number of nitrogens with zero attached hydrogens (tertiary/aromatic N) is 1. The van der Waals surface area contributed by atoms with E-state index in [1.54, 1.807) is 14.2 Å². The summed E-state index contributed by atoms with van der Waals surface area (Å²) >= 11 is 6.14. The van der Waals surface area contributed by atoms with Gasteiger partial charge < -0.3 is 4.74 Å². The van der Waals surface area contributed by atoms with Crippen molar-refractivity contribution < 1.29 is 4.74 Å². The average molecular weight is 238 g/mol. The van der Waals surface area contributed by atoms with Gasteiger partial charge in [-0.1, -0.05) is 24.6 Å². The molecule has 0 saturated heterocycles. The first-order chi connectivity index (χ1) is 7.67. The number of hydrogen-bond acceptors (Lipinski definition) is 2. The van der Waals surface area contributed by atoms with E-state index < -0.39 is 0 Å². The Morgan fingerprint density at radius 1 is 1.50 bits per heavy atom. The van der Waals surface area contributed by atoms with Crippen LogP contribution in [0.4, 0.5) is 0 Å². The molecule has 0 heterocycles. The van der Waals surface area contributed by atoms with Crippen LogP contribution in [-0.2, 0) is 0 Å².